The summed E-state index contributed by atoms with van der Waals surface area (Å²) in [4.78, 5) is 64.0. The van der Waals surface area contributed by atoms with Gasteiger partial charge >= 0.3 is 11.7 Å². The van der Waals surface area contributed by atoms with Crippen molar-refractivity contribution in [1.82, 2.24) is 20.2 Å². The number of amides is 2. The lowest BCUT2D eigenvalue weighted by atomic mass is 10.0. The van der Waals surface area contributed by atoms with E-state index in [0.717, 1.165) is 4.57 Å². The van der Waals surface area contributed by atoms with Gasteiger partial charge in [-0.05, 0) is 30.4 Å². The van der Waals surface area contributed by atoms with Gasteiger partial charge in [0.1, 0.15) is 18.6 Å². The summed E-state index contributed by atoms with van der Waals surface area (Å²) in [6.07, 6.45) is 0.255. The van der Waals surface area contributed by atoms with Crippen molar-refractivity contribution in [3.8, 4) is 0 Å². The summed E-state index contributed by atoms with van der Waals surface area (Å²) in [5.74, 6) is -2.85. The predicted molar refractivity (Wildman–Crippen MR) is 115 cm³/mol. The number of benzene rings is 1. The van der Waals surface area contributed by atoms with Crippen molar-refractivity contribution in [2.24, 2.45) is 11.8 Å². The van der Waals surface area contributed by atoms with Gasteiger partial charge in [0.05, 0.1) is 10.9 Å². The second-order valence-electron chi connectivity index (χ2n) is 8.19. The molecule has 4 N–H and O–H groups in total. The molecule has 2 atom stereocenters. The standard InChI is InChI=1S/C21H28N4O6/c1-11(2)9-15(18(27)24-17(12(3)4)20(29)30)22-16(26)10-25-19(28)13-7-5-6-8-14(13)23-21(25)31/h5-8,11-12,15,17H,9-10H2,1-4H3,(H,22,26)(H,23,31)(H,24,27)(H,29,30)/t15-,17-/m0/s1. The Balaban J connectivity index is 2.22. The smallest absolute Gasteiger partial charge is 0.329 e. The molecule has 10 nitrogen and oxygen atoms in total. The molecule has 0 fully saturated rings. The maximum Gasteiger partial charge on any atom is 0.329 e. The number of rotatable bonds is 9. The van der Waals surface area contributed by atoms with E-state index < -0.39 is 47.7 Å². The molecule has 1 aromatic carbocycles. The van der Waals surface area contributed by atoms with Gasteiger partial charge < -0.3 is 20.7 Å². The highest BCUT2D eigenvalue weighted by atomic mass is 16.4. The fraction of sp³-hybridized carbons (Fsp3) is 0.476. The van der Waals surface area contributed by atoms with Crippen LogP contribution in [0.15, 0.2) is 33.9 Å². The van der Waals surface area contributed by atoms with E-state index in [9.17, 15) is 29.1 Å². The lowest BCUT2D eigenvalue weighted by Gasteiger charge is -2.24. The minimum Gasteiger partial charge on any atom is -0.480 e. The van der Waals surface area contributed by atoms with Gasteiger partial charge in [0.2, 0.25) is 11.8 Å². The Morgan fingerprint density at radius 2 is 1.71 bits per heavy atom. The van der Waals surface area contributed by atoms with Gasteiger partial charge in [0.25, 0.3) is 5.56 Å². The SMILES string of the molecule is CC(C)C[C@H](NC(=O)Cn1c(=O)[nH]c2ccccc2c1=O)C(=O)N[C@H](C(=O)O)C(C)C. The number of aliphatic carboxylic acids is 1. The van der Waals surface area contributed by atoms with Gasteiger partial charge in [-0.1, -0.05) is 39.8 Å². The number of carboxylic acid groups (broad SMARTS) is 1. The minimum atomic E-state index is -1.17. The highest BCUT2D eigenvalue weighted by Crippen LogP contribution is 2.08. The molecule has 0 aliphatic heterocycles. The van der Waals surface area contributed by atoms with Gasteiger partial charge in [-0.25, -0.2) is 9.59 Å². The first kappa shape index (κ1) is 23.8. The zero-order chi connectivity index (χ0) is 23.3. The summed E-state index contributed by atoms with van der Waals surface area (Å²) >= 11 is 0. The Kier molecular flexibility index (Phi) is 7.73. The Hall–Kier alpha value is -3.43. The summed E-state index contributed by atoms with van der Waals surface area (Å²) in [5.41, 5.74) is -1.00. The third-order valence-corrected chi connectivity index (χ3v) is 4.78. The largest absolute Gasteiger partial charge is 0.480 e. The zero-order valence-corrected chi connectivity index (χ0v) is 18.0. The van der Waals surface area contributed by atoms with Gasteiger partial charge in [-0.2, -0.15) is 0 Å². The number of aromatic nitrogens is 2. The number of aromatic amines is 1. The number of hydrogen-bond donors (Lipinski definition) is 4. The molecule has 0 saturated carbocycles. The van der Waals surface area contributed by atoms with Crippen LogP contribution in [-0.2, 0) is 20.9 Å². The first-order valence-corrected chi connectivity index (χ1v) is 10.1. The minimum absolute atomic E-state index is 0.0187. The van der Waals surface area contributed by atoms with Crippen molar-refractivity contribution >= 4 is 28.7 Å². The number of carbonyl (C=O) groups excluding carboxylic acids is 2. The predicted octanol–water partition coefficient (Wildman–Crippen LogP) is 0.446. The van der Waals surface area contributed by atoms with E-state index in [4.69, 9.17) is 0 Å². The first-order chi connectivity index (χ1) is 14.5. The third kappa shape index (κ3) is 6.03. The molecule has 2 amide bonds. The summed E-state index contributed by atoms with van der Waals surface area (Å²) in [7, 11) is 0. The van der Waals surface area contributed by atoms with E-state index in [0.29, 0.717) is 5.52 Å². The summed E-state index contributed by atoms with van der Waals surface area (Å²) in [6, 6.07) is 4.32. The number of nitrogens with one attached hydrogen (secondary N) is 3. The Morgan fingerprint density at radius 3 is 2.29 bits per heavy atom. The average Bonchev–Trinajstić information content (AvgIpc) is 2.67. The Morgan fingerprint density at radius 1 is 1.06 bits per heavy atom. The van der Waals surface area contributed by atoms with Crippen molar-refractivity contribution < 1.29 is 19.5 Å². The van der Waals surface area contributed by atoms with Gasteiger partial charge in [0, 0.05) is 0 Å². The molecular formula is C21H28N4O6. The molecule has 168 valence electrons. The molecule has 2 rings (SSSR count). The van der Waals surface area contributed by atoms with Crippen LogP contribution in [0.1, 0.15) is 34.1 Å². The molecule has 0 spiro atoms. The fourth-order valence-corrected chi connectivity index (χ4v) is 3.20. The lowest BCUT2D eigenvalue weighted by molar-refractivity contribution is -0.143. The van der Waals surface area contributed by atoms with Crippen molar-refractivity contribution in [3.05, 3.63) is 45.1 Å². The number of para-hydroxylation sites is 1. The molecule has 0 aliphatic carbocycles. The summed E-state index contributed by atoms with van der Waals surface area (Å²) in [5, 5.41) is 14.5. The molecule has 0 saturated heterocycles. The van der Waals surface area contributed by atoms with Crippen LogP contribution in [-0.4, -0.2) is 44.5 Å². The summed E-state index contributed by atoms with van der Waals surface area (Å²) in [6.45, 7) is 6.44. The van der Waals surface area contributed by atoms with E-state index in [1.54, 1.807) is 32.0 Å². The second kappa shape index (κ2) is 10.1. The highest BCUT2D eigenvalue weighted by molar-refractivity contribution is 5.90. The molecule has 0 unspecified atom stereocenters. The summed E-state index contributed by atoms with van der Waals surface area (Å²) < 4.78 is 0.760. The maximum atomic E-state index is 12.7. The maximum absolute atomic E-state index is 12.7. The van der Waals surface area contributed by atoms with Crippen LogP contribution in [0, 0.1) is 11.8 Å². The normalized spacial score (nSPS) is 13.2. The van der Waals surface area contributed by atoms with E-state index in [-0.39, 0.29) is 23.6 Å². The van der Waals surface area contributed by atoms with Crippen molar-refractivity contribution in [3.63, 3.8) is 0 Å². The van der Waals surface area contributed by atoms with Crippen LogP contribution < -0.4 is 21.9 Å². The number of nitrogens with zero attached hydrogens (tertiary/aromatic N) is 1. The number of hydrogen-bond acceptors (Lipinski definition) is 5. The molecular weight excluding hydrogens is 404 g/mol. The first-order valence-electron chi connectivity index (χ1n) is 10.1. The topological polar surface area (TPSA) is 150 Å². The van der Waals surface area contributed by atoms with Gasteiger partial charge in [0.15, 0.2) is 0 Å². The van der Waals surface area contributed by atoms with E-state index in [2.05, 4.69) is 15.6 Å². The monoisotopic (exact) mass is 432 g/mol. The van der Waals surface area contributed by atoms with Crippen molar-refractivity contribution in [2.75, 3.05) is 0 Å². The Labute approximate surface area is 178 Å². The molecule has 1 heterocycles. The number of H-pyrrole nitrogens is 1. The zero-order valence-electron chi connectivity index (χ0n) is 18.0. The second-order valence-corrected chi connectivity index (χ2v) is 8.19. The molecule has 1 aromatic heterocycles. The number of fused-ring (bicyclic) bond motifs is 1. The van der Waals surface area contributed by atoms with Crippen LogP contribution in [0.5, 0.6) is 0 Å². The van der Waals surface area contributed by atoms with Gasteiger partial charge in [-0.3, -0.25) is 19.0 Å². The van der Waals surface area contributed by atoms with Crippen LogP contribution in [0.4, 0.5) is 0 Å². The molecule has 10 heteroatoms. The molecule has 0 bridgehead atoms. The number of carbonyl (C=O) groups is 3. The highest BCUT2D eigenvalue weighted by Gasteiger charge is 2.29. The average molecular weight is 432 g/mol. The van der Waals surface area contributed by atoms with Crippen molar-refractivity contribution in [2.45, 2.75) is 52.7 Å². The van der Waals surface area contributed by atoms with Crippen molar-refractivity contribution in [1.29, 1.82) is 0 Å². The van der Waals surface area contributed by atoms with Crippen LogP contribution >= 0.6 is 0 Å². The van der Waals surface area contributed by atoms with Gasteiger partial charge in [-0.15, -0.1) is 0 Å². The molecule has 2 aromatic rings. The fourth-order valence-electron chi connectivity index (χ4n) is 3.20. The van der Waals surface area contributed by atoms with Crippen LogP contribution in [0.25, 0.3) is 10.9 Å². The third-order valence-electron chi connectivity index (χ3n) is 4.78. The molecule has 0 aliphatic rings. The lowest BCUT2D eigenvalue weighted by Crippen LogP contribution is -2.54. The van der Waals surface area contributed by atoms with E-state index >= 15 is 0 Å². The Bertz CT molecular complexity index is 1090. The molecule has 31 heavy (non-hydrogen) atoms. The quantitative estimate of drug-likeness (QED) is 0.452. The van der Waals surface area contributed by atoms with E-state index in [1.807, 2.05) is 13.8 Å². The number of carboxylic acids is 1. The molecule has 0 radical (unpaired) electrons. The van der Waals surface area contributed by atoms with Crippen LogP contribution in [0.3, 0.4) is 0 Å². The van der Waals surface area contributed by atoms with Crippen LogP contribution in [0.2, 0.25) is 0 Å². The van der Waals surface area contributed by atoms with E-state index in [1.165, 1.54) is 6.07 Å².